The normalized spacial score (nSPS) is 11.9. The Bertz CT molecular complexity index is 1140. The third-order valence-corrected chi connectivity index (χ3v) is 4.59. The van der Waals surface area contributed by atoms with Gasteiger partial charge in [-0.1, -0.05) is 42.5 Å². The maximum atomic E-state index is 11.0. The lowest BCUT2D eigenvalue weighted by Crippen LogP contribution is -2.09. The number of aromatic amines is 1. The molecule has 0 saturated carbocycles. The van der Waals surface area contributed by atoms with E-state index in [1.807, 2.05) is 36.4 Å². The summed E-state index contributed by atoms with van der Waals surface area (Å²) in [7, 11) is 0. The topological polar surface area (TPSA) is 122 Å². The first-order valence-electron chi connectivity index (χ1n) is 9.09. The van der Waals surface area contributed by atoms with Crippen LogP contribution in [0, 0.1) is 10.1 Å². The number of nitrogens with zero attached hydrogens (tertiary/aromatic N) is 4. The standard InChI is InChI=1S/C20H19N7O2/c1-13(15-7-3-2-4-8-15)24-18-17-19(25-26-20(17)23-12-22-18)21-11-14-6-5-9-16(10-14)27(28)29/h2-10,12-13H,11H2,1H3,(H3,21,22,23,24,25,26)/t13-/m0/s1. The van der Waals surface area contributed by atoms with E-state index in [4.69, 9.17) is 0 Å². The van der Waals surface area contributed by atoms with Crippen LogP contribution in [-0.4, -0.2) is 25.1 Å². The Hall–Kier alpha value is -4.01. The molecule has 3 N–H and O–H groups in total. The van der Waals surface area contributed by atoms with Crippen molar-refractivity contribution in [1.29, 1.82) is 0 Å². The van der Waals surface area contributed by atoms with Gasteiger partial charge in [-0.3, -0.25) is 15.2 Å². The summed E-state index contributed by atoms with van der Waals surface area (Å²) in [5.41, 5.74) is 2.57. The molecule has 2 aromatic heterocycles. The van der Waals surface area contributed by atoms with Crippen molar-refractivity contribution in [1.82, 2.24) is 20.2 Å². The van der Waals surface area contributed by atoms with Crippen LogP contribution in [0.15, 0.2) is 60.9 Å². The quantitative estimate of drug-likeness (QED) is 0.322. The molecular formula is C20H19N7O2. The van der Waals surface area contributed by atoms with Gasteiger partial charge in [0.05, 0.1) is 4.92 Å². The Morgan fingerprint density at radius 3 is 2.72 bits per heavy atom. The molecule has 146 valence electrons. The summed E-state index contributed by atoms with van der Waals surface area (Å²) in [6.07, 6.45) is 1.48. The zero-order valence-electron chi connectivity index (χ0n) is 15.7. The smallest absolute Gasteiger partial charge is 0.269 e. The average Bonchev–Trinajstić information content (AvgIpc) is 3.17. The zero-order valence-corrected chi connectivity index (χ0v) is 15.7. The van der Waals surface area contributed by atoms with Gasteiger partial charge >= 0.3 is 0 Å². The maximum Gasteiger partial charge on any atom is 0.269 e. The van der Waals surface area contributed by atoms with Crippen LogP contribution in [-0.2, 0) is 6.54 Å². The first-order valence-corrected chi connectivity index (χ1v) is 9.09. The minimum absolute atomic E-state index is 0.0359. The highest BCUT2D eigenvalue weighted by molar-refractivity contribution is 5.96. The first kappa shape index (κ1) is 18.4. The van der Waals surface area contributed by atoms with Crippen LogP contribution in [0.3, 0.4) is 0 Å². The van der Waals surface area contributed by atoms with Crippen molar-refractivity contribution < 1.29 is 4.92 Å². The van der Waals surface area contributed by atoms with Crippen molar-refractivity contribution in [3.8, 4) is 0 Å². The molecule has 4 rings (SSSR count). The largest absolute Gasteiger partial charge is 0.364 e. The summed E-state index contributed by atoms with van der Waals surface area (Å²) >= 11 is 0. The van der Waals surface area contributed by atoms with Crippen LogP contribution in [0.2, 0.25) is 0 Å². The minimum Gasteiger partial charge on any atom is -0.364 e. The molecule has 0 aliphatic heterocycles. The molecule has 0 spiro atoms. The number of benzene rings is 2. The molecule has 0 amide bonds. The Labute approximate surface area is 166 Å². The van der Waals surface area contributed by atoms with Gasteiger partial charge in [0.2, 0.25) is 0 Å². The number of anilines is 2. The van der Waals surface area contributed by atoms with Crippen LogP contribution in [0.1, 0.15) is 24.1 Å². The molecular weight excluding hydrogens is 370 g/mol. The molecule has 0 unspecified atom stereocenters. The molecule has 2 aromatic carbocycles. The van der Waals surface area contributed by atoms with E-state index in [0.29, 0.717) is 23.8 Å². The highest BCUT2D eigenvalue weighted by atomic mass is 16.6. The molecule has 29 heavy (non-hydrogen) atoms. The molecule has 0 aliphatic rings. The number of rotatable bonds is 7. The molecule has 0 saturated heterocycles. The molecule has 0 radical (unpaired) electrons. The van der Waals surface area contributed by atoms with Gasteiger partial charge in [0, 0.05) is 24.7 Å². The summed E-state index contributed by atoms with van der Waals surface area (Å²) in [5, 5.41) is 25.5. The number of nitro groups is 1. The Morgan fingerprint density at radius 1 is 1.10 bits per heavy atom. The Morgan fingerprint density at radius 2 is 1.93 bits per heavy atom. The lowest BCUT2D eigenvalue weighted by atomic mass is 10.1. The van der Waals surface area contributed by atoms with Crippen LogP contribution in [0.25, 0.3) is 11.0 Å². The van der Waals surface area contributed by atoms with E-state index < -0.39 is 4.92 Å². The summed E-state index contributed by atoms with van der Waals surface area (Å²) in [5.74, 6) is 1.23. The van der Waals surface area contributed by atoms with Crippen LogP contribution < -0.4 is 10.6 Å². The first-order chi connectivity index (χ1) is 14.1. The number of aromatic nitrogens is 4. The monoisotopic (exact) mass is 389 g/mol. The zero-order chi connectivity index (χ0) is 20.2. The van der Waals surface area contributed by atoms with Gasteiger partial charge in [0.25, 0.3) is 5.69 Å². The van der Waals surface area contributed by atoms with E-state index in [1.54, 1.807) is 6.07 Å². The number of non-ortho nitro benzene ring substituents is 1. The summed E-state index contributed by atoms with van der Waals surface area (Å²) in [4.78, 5) is 19.2. The highest BCUT2D eigenvalue weighted by Gasteiger charge is 2.15. The van der Waals surface area contributed by atoms with Crippen LogP contribution >= 0.6 is 0 Å². The van der Waals surface area contributed by atoms with E-state index in [-0.39, 0.29) is 11.7 Å². The molecule has 0 aliphatic carbocycles. The average molecular weight is 389 g/mol. The Balaban J connectivity index is 1.58. The van der Waals surface area contributed by atoms with Crippen LogP contribution in [0.5, 0.6) is 0 Å². The summed E-state index contributed by atoms with van der Waals surface area (Å²) < 4.78 is 0. The van der Waals surface area contributed by atoms with Crippen molar-refractivity contribution in [2.45, 2.75) is 19.5 Å². The van der Waals surface area contributed by atoms with E-state index in [9.17, 15) is 10.1 Å². The number of hydrogen-bond acceptors (Lipinski definition) is 7. The fourth-order valence-corrected chi connectivity index (χ4v) is 3.09. The van der Waals surface area contributed by atoms with Crippen molar-refractivity contribution in [2.24, 2.45) is 0 Å². The summed E-state index contributed by atoms with van der Waals surface area (Å²) in [6, 6.07) is 16.6. The molecule has 2 heterocycles. The van der Waals surface area contributed by atoms with Gasteiger partial charge in [-0.25, -0.2) is 9.97 Å². The number of H-pyrrole nitrogens is 1. The second-order valence-corrected chi connectivity index (χ2v) is 6.58. The van der Waals surface area contributed by atoms with Gasteiger partial charge < -0.3 is 10.6 Å². The molecule has 4 aromatic rings. The van der Waals surface area contributed by atoms with Crippen LogP contribution in [0.4, 0.5) is 17.3 Å². The second kappa shape index (κ2) is 7.93. The van der Waals surface area contributed by atoms with Crippen molar-refractivity contribution in [3.63, 3.8) is 0 Å². The van der Waals surface area contributed by atoms with E-state index in [1.165, 1.54) is 18.5 Å². The number of nitro benzene ring substituents is 1. The molecule has 0 fully saturated rings. The fourth-order valence-electron chi connectivity index (χ4n) is 3.09. The van der Waals surface area contributed by atoms with Gasteiger partial charge in [0.1, 0.15) is 17.5 Å². The summed E-state index contributed by atoms with van der Waals surface area (Å²) in [6.45, 7) is 2.43. The lowest BCUT2D eigenvalue weighted by Gasteiger charge is -2.15. The third kappa shape index (κ3) is 3.98. The number of fused-ring (bicyclic) bond motifs is 1. The second-order valence-electron chi connectivity index (χ2n) is 6.58. The Kier molecular flexibility index (Phi) is 5.02. The van der Waals surface area contributed by atoms with Crippen molar-refractivity contribution in [3.05, 3.63) is 82.2 Å². The SMILES string of the molecule is C[C@H](Nc1ncnc2[nH]nc(NCc3cccc([N+](=O)[O-])c3)c12)c1ccccc1. The molecule has 9 nitrogen and oxygen atoms in total. The van der Waals surface area contributed by atoms with Gasteiger partial charge in [-0.2, -0.15) is 5.10 Å². The third-order valence-electron chi connectivity index (χ3n) is 4.59. The van der Waals surface area contributed by atoms with E-state index in [0.717, 1.165) is 16.5 Å². The molecule has 9 heteroatoms. The fraction of sp³-hybridized carbons (Fsp3) is 0.150. The van der Waals surface area contributed by atoms with Gasteiger partial charge in [-0.15, -0.1) is 0 Å². The van der Waals surface area contributed by atoms with Crippen molar-refractivity contribution >= 4 is 28.4 Å². The van der Waals surface area contributed by atoms with E-state index in [2.05, 4.69) is 37.7 Å². The number of hydrogen-bond donors (Lipinski definition) is 3. The molecule has 0 bridgehead atoms. The lowest BCUT2D eigenvalue weighted by molar-refractivity contribution is -0.384. The minimum atomic E-state index is -0.408. The van der Waals surface area contributed by atoms with Crippen molar-refractivity contribution in [2.75, 3.05) is 10.6 Å². The molecule has 1 atom stereocenters. The highest BCUT2D eigenvalue weighted by Crippen LogP contribution is 2.28. The number of nitrogens with one attached hydrogen (secondary N) is 3. The van der Waals surface area contributed by atoms with Gasteiger partial charge in [-0.05, 0) is 18.1 Å². The predicted molar refractivity (Wildman–Crippen MR) is 111 cm³/mol. The van der Waals surface area contributed by atoms with Gasteiger partial charge in [0.15, 0.2) is 11.5 Å². The predicted octanol–water partition coefficient (Wildman–Crippen LogP) is 4.05. The van der Waals surface area contributed by atoms with E-state index >= 15 is 0 Å². The maximum absolute atomic E-state index is 11.0.